The average molecular weight is 276 g/mol. The molecule has 0 atom stereocenters. The van der Waals surface area contributed by atoms with Crippen LogP contribution in [0, 0.1) is 17.0 Å². The van der Waals surface area contributed by atoms with E-state index >= 15 is 0 Å². The Balaban J connectivity index is 2.16. The minimum absolute atomic E-state index is 0.0982. The number of hydrogen-bond acceptors (Lipinski definition) is 6. The van der Waals surface area contributed by atoms with Crippen molar-refractivity contribution < 1.29 is 14.5 Å². The van der Waals surface area contributed by atoms with Gasteiger partial charge in [-0.15, -0.1) is 0 Å². The zero-order valence-corrected chi connectivity index (χ0v) is 10.9. The first kappa shape index (κ1) is 13.7. The number of benzene rings is 1. The first-order valence-corrected chi connectivity index (χ1v) is 5.74. The fourth-order valence-electron chi connectivity index (χ4n) is 1.64. The molecule has 0 saturated carbocycles. The first-order chi connectivity index (χ1) is 9.51. The van der Waals surface area contributed by atoms with Crippen molar-refractivity contribution >= 4 is 11.7 Å². The van der Waals surface area contributed by atoms with Crippen molar-refractivity contribution in [2.75, 3.05) is 7.11 Å². The second kappa shape index (κ2) is 5.47. The number of ether oxygens (including phenoxy) is 1. The number of aryl methyl sites for hydroxylation is 1. The summed E-state index contributed by atoms with van der Waals surface area (Å²) in [6.45, 7) is 1.46. The molecule has 2 rings (SSSR count). The molecular weight excluding hydrogens is 264 g/mol. The Morgan fingerprint density at radius 3 is 2.55 bits per heavy atom. The quantitative estimate of drug-likeness (QED) is 0.464. The molecule has 0 N–H and O–H groups in total. The molecule has 0 saturated heterocycles. The van der Waals surface area contributed by atoms with Crippen LogP contribution in [-0.2, 0) is 6.54 Å². The number of rotatable bonds is 5. The highest BCUT2D eigenvalue weighted by Gasteiger charge is 2.20. The fourth-order valence-corrected chi connectivity index (χ4v) is 1.64. The predicted molar refractivity (Wildman–Crippen MR) is 68.7 cm³/mol. The Morgan fingerprint density at radius 1 is 1.40 bits per heavy atom. The molecule has 2 aromatic rings. The maximum atomic E-state index is 12.0. The third kappa shape index (κ3) is 2.79. The Morgan fingerprint density at radius 2 is 2.05 bits per heavy atom. The van der Waals surface area contributed by atoms with Crippen LogP contribution in [0.15, 0.2) is 24.3 Å². The van der Waals surface area contributed by atoms with Crippen molar-refractivity contribution in [3.8, 4) is 5.75 Å². The second-order valence-electron chi connectivity index (χ2n) is 4.03. The number of nitro groups is 1. The van der Waals surface area contributed by atoms with Crippen molar-refractivity contribution in [1.29, 1.82) is 0 Å². The van der Waals surface area contributed by atoms with E-state index in [0.717, 1.165) is 0 Å². The molecule has 0 unspecified atom stereocenters. The van der Waals surface area contributed by atoms with Crippen LogP contribution in [0.2, 0.25) is 0 Å². The summed E-state index contributed by atoms with van der Waals surface area (Å²) in [4.78, 5) is 25.6. The lowest BCUT2D eigenvalue weighted by Crippen LogP contribution is -2.13. The van der Waals surface area contributed by atoms with Crippen LogP contribution in [-0.4, -0.2) is 32.6 Å². The molecular formula is C12H12N4O4. The van der Waals surface area contributed by atoms with Gasteiger partial charge in [0, 0.05) is 17.6 Å². The Labute approximate surface area is 114 Å². The van der Waals surface area contributed by atoms with Crippen LogP contribution in [0.4, 0.5) is 5.95 Å². The van der Waals surface area contributed by atoms with Crippen LogP contribution in [0.5, 0.6) is 5.75 Å². The largest absolute Gasteiger partial charge is 0.497 e. The van der Waals surface area contributed by atoms with Gasteiger partial charge >= 0.3 is 5.95 Å². The number of Topliss-reactive ketones (excluding diaryl/α,β-unsaturated/α-hetero) is 1. The van der Waals surface area contributed by atoms with Gasteiger partial charge in [0.05, 0.1) is 7.11 Å². The maximum Gasteiger partial charge on any atom is 0.491 e. The number of aromatic nitrogens is 3. The molecule has 0 aliphatic heterocycles. The Hall–Kier alpha value is -2.77. The van der Waals surface area contributed by atoms with Gasteiger partial charge in [0.25, 0.3) is 0 Å². The van der Waals surface area contributed by atoms with E-state index in [2.05, 4.69) is 10.1 Å². The molecule has 20 heavy (non-hydrogen) atoms. The summed E-state index contributed by atoms with van der Waals surface area (Å²) in [5.41, 5.74) is 0.475. The van der Waals surface area contributed by atoms with E-state index in [-0.39, 0.29) is 12.3 Å². The van der Waals surface area contributed by atoms with Gasteiger partial charge < -0.3 is 14.9 Å². The van der Waals surface area contributed by atoms with Gasteiger partial charge in [0.1, 0.15) is 12.3 Å². The van der Waals surface area contributed by atoms with E-state index in [1.807, 2.05) is 0 Å². The number of ketones is 1. The smallest absolute Gasteiger partial charge is 0.491 e. The summed E-state index contributed by atoms with van der Waals surface area (Å²) in [6.07, 6.45) is 0. The number of hydrogen-bond donors (Lipinski definition) is 0. The molecule has 8 heteroatoms. The monoisotopic (exact) mass is 276 g/mol. The van der Waals surface area contributed by atoms with Crippen LogP contribution in [0.25, 0.3) is 0 Å². The van der Waals surface area contributed by atoms with E-state index in [0.29, 0.717) is 17.1 Å². The molecule has 104 valence electrons. The molecule has 0 aliphatic rings. The molecule has 8 nitrogen and oxygen atoms in total. The predicted octanol–water partition coefficient (Wildman–Crippen LogP) is 1.39. The lowest BCUT2D eigenvalue weighted by molar-refractivity contribution is -0.394. The number of nitrogens with zero attached hydrogens (tertiary/aromatic N) is 4. The molecule has 0 aliphatic carbocycles. The number of carbonyl (C=O) groups is 1. The van der Waals surface area contributed by atoms with E-state index in [4.69, 9.17) is 4.74 Å². The van der Waals surface area contributed by atoms with E-state index in [1.165, 1.54) is 11.8 Å². The topological polar surface area (TPSA) is 100 Å². The summed E-state index contributed by atoms with van der Waals surface area (Å²) in [5.74, 6) is 0.244. The van der Waals surface area contributed by atoms with Crippen LogP contribution >= 0.6 is 0 Å². The zero-order chi connectivity index (χ0) is 14.7. The summed E-state index contributed by atoms with van der Waals surface area (Å²) in [7, 11) is 1.54. The third-order valence-corrected chi connectivity index (χ3v) is 2.71. The average Bonchev–Trinajstić information content (AvgIpc) is 2.80. The Bertz CT molecular complexity index is 648. The molecule has 0 amide bonds. The minimum Gasteiger partial charge on any atom is -0.497 e. The highest BCUT2D eigenvalue weighted by Crippen LogP contribution is 2.13. The normalized spacial score (nSPS) is 10.3. The fraction of sp³-hybridized carbons (Fsp3) is 0.250. The molecule has 0 fully saturated rings. The molecule has 0 spiro atoms. The second-order valence-corrected chi connectivity index (χ2v) is 4.03. The summed E-state index contributed by atoms with van der Waals surface area (Å²) in [6, 6.07) is 6.59. The van der Waals surface area contributed by atoms with E-state index < -0.39 is 10.9 Å². The Kier molecular flexibility index (Phi) is 3.74. The highest BCUT2D eigenvalue weighted by molar-refractivity contribution is 5.95. The lowest BCUT2D eigenvalue weighted by atomic mass is 10.1. The van der Waals surface area contributed by atoms with Crippen molar-refractivity contribution in [1.82, 2.24) is 14.8 Å². The molecule has 0 radical (unpaired) electrons. The van der Waals surface area contributed by atoms with Crippen molar-refractivity contribution in [3.63, 3.8) is 0 Å². The molecule has 1 aromatic carbocycles. The van der Waals surface area contributed by atoms with Gasteiger partial charge in [-0.25, -0.2) is 0 Å². The van der Waals surface area contributed by atoms with Gasteiger partial charge in [0.2, 0.25) is 5.82 Å². The van der Waals surface area contributed by atoms with E-state index in [9.17, 15) is 14.9 Å². The van der Waals surface area contributed by atoms with Gasteiger partial charge in [-0.3, -0.25) is 4.79 Å². The summed E-state index contributed by atoms with van der Waals surface area (Å²) < 4.78 is 6.22. The van der Waals surface area contributed by atoms with Crippen molar-refractivity contribution in [2.45, 2.75) is 13.5 Å². The zero-order valence-electron chi connectivity index (χ0n) is 10.9. The minimum atomic E-state index is -0.693. The van der Waals surface area contributed by atoms with Crippen LogP contribution in [0.3, 0.4) is 0 Å². The number of carbonyl (C=O) groups excluding carboxylic acids is 1. The van der Waals surface area contributed by atoms with Gasteiger partial charge in [0.15, 0.2) is 5.78 Å². The SMILES string of the molecule is COc1ccc(C(=O)Cn2nc([N+](=O)[O-])nc2C)cc1. The summed E-state index contributed by atoms with van der Waals surface area (Å²) in [5, 5.41) is 14.2. The van der Waals surface area contributed by atoms with Crippen molar-refractivity contribution in [3.05, 3.63) is 45.8 Å². The molecule has 0 bridgehead atoms. The first-order valence-electron chi connectivity index (χ1n) is 5.74. The van der Waals surface area contributed by atoms with Gasteiger partial charge in [-0.2, -0.15) is 4.68 Å². The third-order valence-electron chi connectivity index (χ3n) is 2.71. The highest BCUT2D eigenvalue weighted by atomic mass is 16.6. The molecule has 1 aromatic heterocycles. The summed E-state index contributed by atoms with van der Waals surface area (Å²) >= 11 is 0. The molecule has 1 heterocycles. The van der Waals surface area contributed by atoms with Gasteiger partial charge in [-0.05, 0) is 34.2 Å². The van der Waals surface area contributed by atoms with E-state index in [1.54, 1.807) is 31.2 Å². The number of methoxy groups -OCH3 is 1. The lowest BCUT2D eigenvalue weighted by Gasteiger charge is -2.02. The van der Waals surface area contributed by atoms with Crippen LogP contribution < -0.4 is 4.74 Å². The standard InChI is InChI=1S/C12H12N4O4/c1-8-13-12(16(18)19)14-15(8)7-11(17)9-3-5-10(20-2)6-4-9/h3-6H,7H2,1-2H3. The maximum absolute atomic E-state index is 12.0. The van der Waals surface area contributed by atoms with Gasteiger partial charge in [-0.1, -0.05) is 0 Å². The van der Waals surface area contributed by atoms with Crippen molar-refractivity contribution in [2.24, 2.45) is 0 Å². The van der Waals surface area contributed by atoms with Crippen LogP contribution in [0.1, 0.15) is 16.2 Å².